The molecule has 1 fully saturated rings. The van der Waals surface area contributed by atoms with E-state index in [1.165, 1.54) is 32.3 Å². The van der Waals surface area contributed by atoms with Gasteiger partial charge in [-0.1, -0.05) is 5.16 Å². The number of aromatic nitrogens is 2. The standard InChI is InChI=1S/C12H22N4O/c1-10(11-4-3-7-16(2)8-11)13-6-5-12-14-9-15-17-12/h9-11,13H,3-8H2,1-2H3. The first-order chi connectivity index (χ1) is 8.25. The van der Waals surface area contributed by atoms with E-state index in [1.54, 1.807) is 0 Å². The second kappa shape index (κ2) is 6.12. The lowest BCUT2D eigenvalue weighted by atomic mass is 9.92. The van der Waals surface area contributed by atoms with Gasteiger partial charge in [-0.15, -0.1) is 0 Å². The molecular weight excluding hydrogens is 216 g/mol. The summed E-state index contributed by atoms with van der Waals surface area (Å²) in [6.07, 6.45) is 4.91. The van der Waals surface area contributed by atoms with Crippen molar-refractivity contribution in [2.24, 2.45) is 5.92 Å². The lowest BCUT2D eigenvalue weighted by molar-refractivity contribution is 0.179. The Balaban J connectivity index is 1.68. The molecule has 96 valence electrons. The summed E-state index contributed by atoms with van der Waals surface area (Å²) in [5, 5.41) is 7.16. The van der Waals surface area contributed by atoms with Crippen LogP contribution in [0.25, 0.3) is 0 Å². The summed E-state index contributed by atoms with van der Waals surface area (Å²) < 4.78 is 4.97. The van der Waals surface area contributed by atoms with Crippen molar-refractivity contribution in [2.45, 2.75) is 32.2 Å². The van der Waals surface area contributed by atoms with E-state index in [0.29, 0.717) is 11.9 Å². The summed E-state index contributed by atoms with van der Waals surface area (Å²) in [7, 11) is 2.21. The molecule has 17 heavy (non-hydrogen) atoms. The van der Waals surface area contributed by atoms with Crippen molar-refractivity contribution in [2.75, 3.05) is 26.7 Å². The Labute approximate surface area is 103 Å². The number of hydrogen-bond acceptors (Lipinski definition) is 5. The fourth-order valence-corrected chi connectivity index (χ4v) is 2.49. The molecule has 2 rings (SSSR count). The molecular formula is C12H22N4O. The SMILES string of the molecule is CC(NCCc1ncno1)C1CCCN(C)C1. The third-order valence-corrected chi connectivity index (χ3v) is 3.58. The second-order valence-corrected chi connectivity index (χ2v) is 4.99. The molecule has 0 amide bonds. The van der Waals surface area contributed by atoms with Gasteiger partial charge in [0.1, 0.15) is 0 Å². The van der Waals surface area contributed by atoms with Crippen LogP contribution in [0, 0.1) is 5.92 Å². The Morgan fingerprint density at radius 2 is 2.53 bits per heavy atom. The Morgan fingerprint density at radius 1 is 1.65 bits per heavy atom. The number of rotatable bonds is 5. The second-order valence-electron chi connectivity index (χ2n) is 4.99. The van der Waals surface area contributed by atoms with Gasteiger partial charge in [-0.05, 0) is 39.3 Å². The highest BCUT2D eigenvalue weighted by molar-refractivity contribution is 4.81. The van der Waals surface area contributed by atoms with Crippen LogP contribution >= 0.6 is 0 Å². The van der Waals surface area contributed by atoms with Gasteiger partial charge in [0, 0.05) is 25.6 Å². The molecule has 1 saturated heterocycles. The minimum atomic E-state index is 0.556. The number of piperidine rings is 1. The van der Waals surface area contributed by atoms with Crippen LogP contribution < -0.4 is 5.32 Å². The average Bonchev–Trinajstić information content (AvgIpc) is 2.82. The van der Waals surface area contributed by atoms with Gasteiger partial charge in [-0.25, -0.2) is 0 Å². The van der Waals surface area contributed by atoms with Gasteiger partial charge in [0.25, 0.3) is 0 Å². The van der Waals surface area contributed by atoms with E-state index in [1.807, 2.05) is 0 Å². The van der Waals surface area contributed by atoms with Crippen molar-refractivity contribution < 1.29 is 4.52 Å². The van der Waals surface area contributed by atoms with Gasteiger partial charge in [0.2, 0.25) is 5.89 Å². The van der Waals surface area contributed by atoms with E-state index in [2.05, 4.69) is 34.3 Å². The predicted octanol–water partition coefficient (Wildman–Crippen LogP) is 0.932. The van der Waals surface area contributed by atoms with Crippen molar-refractivity contribution in [3.05, 3.63) is 12.2 Å². The van der Waals surface area contributed by atoms with E-state index in [-0.39, 0.29) is 0 Å². The zero-order chi connectivity index (χ0) is 12.1. The summed E-state index contributed by atoms with van der Waals surface area (Å²) in [6.45, 7) is 5.63. The predicted molar refractivity (Wildman–Crippen MR) is 65.7 cm³/mol. The minimum Gasteiger partial charge on any atom is -0.340 e. The molecule has 1 aliphatic heterocycles. The highest BCUT2D eigenvalue weighted by Gasteiger charge is 2.22. The number of hydrogen-bond donors (Lipinski definition) is 1. The quantitative estimate of drug-likeness (QED) is 0.827. The maximum Gasteiger partial charge on any atom is 0.227 e. The number of nitrogens with zero attached hydrogens (tertiary/aromatic N) is 3. The average molecular weight is 238 g/mol. The van der Waals surface area contributed by atoms with Crippen LogP contribution in [-0.4, -0.2) is 47.8 Å². The van der Waals surface area contributed by atoms with Crippen LogP contribution in [-0.2, 0) is 6.42 Å². The zero-order valence-electron chi connectivity index (χ0n) is 10.7. The molecule has 5 heteroatoms. The Hall–Kier alpha value is -0.940. The van der Waals surface area contributed by atoms with Crippen LogP contribution in [0.1, 0.15) is 25.7 Å². The zero-order valence-corrected chi connectivity index (χ0v) is 10.7. The van der Waals surface area contributed by atoms with Crippen molar-refractivity contribution in [3.63, 3.8) is 0 Å². The molecule has 0 bridgehead atoms. The van der Waals surface area contributed by atoms with Crippen LogP contribution in [0.4, 0.5) is 0 Å². The number of nitrogens with one attached hydrogen (secondary N) is 1. The van der Waals surface area contributed by atoms with Crippen molar-refractivity contribution >= 4 is 0 Å². The van der Waals surface area contributed by atoms with Crippen LogP contribution in [0.5, 0.6) is 0 Å². The van der Waals surface area contributed by atoms with E-state index in [0.717, 1.165) is 18.9 Å². The number of likely N-dealkylation sites (tertiary alicyclic amines) is 1. The van der Waals surface area contributed by atoms with Gasteiger partial charge in [0.05, 0.1) is 0 Å². The summed E-state index contributed by atoms with van der Waals surface area (Å²) in [6, 6.07) is 0.556. The molecule has 0 saturated carbocycles. The van der Waals surface area contributed by atoms with E-state index >= 15 is 0 Å². The summed E-state index contributed by atoms with van der Waals surface area (Å²) in [4.78, 5) is 6.43. The Kier molecular flexibility index (Phi) is 4.50. The van der Waals surface area contributed by atoms with Crippen LogP contribution in [0.2, 0.25) is 0 Å². The normalized spacial score (nSPS) is 23.8. The van der Waals surface area contributed by atoms with E-state index in [9.17, 15) is 0 Å². The van der Waals surface area contributed by atoms with Gasteiger partial charge < -0.3 is 14.7 Å². The van der Waals surface area contributed by atoms with E-state index < -0.39 is 0 Å². The lowest BCUT2D eigenvalue weighted by Gasteiger charge is -2.33. The first kappa shape index (κ1) is 12.5. The molecule has 1 aliphatic rings. The molecule has 0 aromatic carbocycles. The van der Waals surface area contributed by atoms with E-state index in [4.69, 9.17) is 4.52 Å². The highest BCUT2D eigenvalue weighted by atomic mass is 16.5. The third kappa shape index (κ3) is 3.78. The smallest absolute Gasteiger partial charge is 0.227 e. The molecule has 2 heterocycles. The molecule has 1 N–H and O–H groups in total. The lowest BCUT2D eigenvalue weighted by Crippen LogP contribution is -2.43. The monoisotopic (exact) mass is 238 g/mol. The maximum absolute atomic E-state index is 4.97. The Morgan fingerprint density at radius 3 is 3.24 bits per heavy atom. The molecule has 0 radical (unpaired) electrons. The van der Waals surface area contributed by atoms with Crippen LogP contribution in [0.15, 0.2) is 10.9 Å². The molecule has 2 atom stereocenters. The molecule has 0 aliphatic carbocycles. The molecule has 2 unspecified atom stereocenters. The van der Waals surface area contributed by atoms with Gasteiger partial charge >= 0.3 is 0 Å². The first-order valence-electron chi connectivity index (χ1n) is 6.43. The first-order valence-corrected chi connectivity index (χ1v) is 6.43. The fourth-order valence-electron chi connectivity index (χ4n) is 2.49. The minimum absolute atomic E-state index is 0.556. The van der Waals surface area contributed by atoms with Gasteiger partial charge in [0.15, 0.2) is 6.33 Å². The maximum atomic E-state index is 4.97. The molecule has 5 nitrogen and oxygen atoms in total. The fraction of sp³-hybridized carbons (Fsp3) is 0.833. The summed E-state index contributed by atoms with van der Waals surface area (Å²) in [5.74, 6) is 1.47. The highest BCUT2D eigenvalue weighted by Crippen LogP contribution is 2.18. The van der Waals surface area contributed by atoms with Crippen molar-refractivity contribution in [3.8, 4) is 0 Å². The van der Waals surface area contributed by atoms with Gasteiger partial charge in [-0.3, -0.25) is 0 Å². The Bertz CT molecular complexity index is 314. The summed E-state index contributed by atoms with van der Waals surface area (Å²) >= 11 is 0. The summed E-state index contributed by atoms with van der Waals surface area (Å²) in [5.41, 5.74) is 0. The van der Waals surface area contributed by atoms with Crippen LogP contribution in [0.3, 0.4) is 0 Å². The van der Waals surface area contributed by atoms with Gasteiger partial charge in [-0.2, -0.15) is 4.98 Å². The molecule has 1 aromatic rings. The topological polar surface area (TPSA) is 54.2 Å². The third-order valence-electron chi connectivity index (χ3n) is 3.58. The van der Waals surface area contributed by atoms with Crippen molar-refractivity contribution in [1.82, 2.24) is 20.4 Å². The van der Waals surface area contributed by atoms with Crippen molar-refractivity contribution in [1.29, 1.82) is 0 Å². The molecule has 0 spiro atoms. The molecule has 1 aromatic heterocycles. The largest absolute Gasteiger partial charge is 0.340 e.